The number of methoxy groups -OCH3 is 1. The molecule has 0 radical (unpaired) electrons. The highest BCUT2D eigenvalue weighted by Gasteiger charge is 2.09. The number of aryl methyl sites for hydroxylation is 1. The topological polar surface area (TPSA) is 61.8 Å². The van der Waals surface area contributed by atoms with Gasteiger partial charge in [-0.05, 0) is 42.3 Å². The number of carbonyl (C=O) groups excluding carboxylic acids is 2. The Kier molecular flexibility index (Phi) is 5.74. The zero-order valence-electron chi connectivity index (χ0n) is 13.1. The molecule has 0 aliphatic carbocycles. The summed E-state index contributed by atoms with van der Waals surface area (Å²) in [5.74, 6) is 0.0622. The van der Waals surface area contributed by atoms with E-state index in [2.05, 4.69) is 4.74 Å². The molecule has 2 aromatic rings. The molecule has 0 amide bonds. The molecule has 0 aromatic heterocycles. The Labute approximate surface area is 134 Å². The lowest BCUT2D eigenvalue weighted by atomic mass is 10.1. The van der Waals surface area contributed by atoms with Crippen molar-refractivity contribution in [3.63, 3.8) is 0 Å². The van der Waals surface area contributed by atoms with Gasteiger partial charge in [-0.3, -0.25) is 0 Å². The number of benzene rings is 2. The summed E-state index contributed by atoms with van der Waals surface area (Å²) in [6, 6.07) is 13.7. The molecular formula is C18H18O5. The molecule has 0 atom stereocenters. The summed E-state index contributed by atoms with van der Waals surface area (Å²) in [4.78, 5) is 23.1. The highest BCUT2D eigenvalue weighted by molar-refractivity contribution is 5.89. The highest BCUT2D eigenvalue weighted by Crippen LogP contribution is 2.18. The Morgan fingerprint density at radius 1 is 1.00 bits per heavy atom. The van der Waals surface area contributed by atoms with Crippen molar-refractivity contribution in [2.24, 2.45) is 0 Å². The quantitative estimate of drug-likeness (QED) is 0.606. The van der Waals surface area contributed by atoms with E-state index < -0.39 is 11.9 Å². The standard InChI is InChI=1S/C18H18O5/c1-3-13-6-4-5-7-16(13)22-12-17(19)23-15-10-8-14(9-11-15)18(20)21-2/h4-11H,3,12H2,1-2H3. The minimum Gasteiger partial charge on any atom is -0.482 e. The molecule has 0 fully saturated rings. The highest BCUT2D eigenvalue weighted by atomic mass is 16.6. The van der Waals surface area contributed by atoms with Gasteiger partial charge in [0.25, 0.3) is 0 Å². The Balaban J connectivity index is 1.91. The summed E-state index contributed by atoms with van der Waals surface area (Å²) in [7, 11) is 1.31. The molecule has 0 aliphatic heterocycles. The molecule has 5 heteroatoms. The Hall–Kier alpha value is -2.82. The summed E-state index contributed by atoms with van der Waals surface area (Å²) in [6.07, 6.45) is 0.820. The Bertz CT molecular complexity index is 676. The molecule has 0 N–H and O–H groups in total. The predicted octanol–water partition coefficient (Wildman–Crippen LogP) is 3.02. The van der Waals surface area contributed by atoms with Crippen molar-refractivity contribution >= 4 is 11.9 Å². The van der Waals surface area contributed by atoms with Gasteiger partial charge >= 0.3 is 11.9 Å². The van der Waals surface area contributed by atoms with Crippen LogP contribution in [0.3, 0.4) is 0 Å². The first-order chi connectivity index (χ1) is 11.1. The van der Waals surface area contributed by atoms with Gasteiger partial charge in [-0.1, -0.05) is 25.1 Å². The van der Waals surface area contributed by atoms with Crippen LogP contribution in [0.15, 0.2) is 48.5 Å². The molecule has 120 valence electrons. The lowest BCUT2D eigenvalue weighted by molar-refractivity contribution is -0.136. The van der Waals surface area contributed by atoms with Crippen LogP contribution in [0.25, 0.3) is 0 Å². The second kappa shape index (κ2) is 7.98. The van der Waals surface area contributed by atoms with Gasteiger partial charge in [0.1, 0.15) is 11.5 Å². The first kappa shape index (κ1) is 16.5. The Morgan fingerprint density at radius 3 is 2.35 bits per heavy atom. The van der Waals surface area contributed by atoms with Gasteiger partial charge in [0, 0.05) is 0 Å². The van der Waals surface area contributed by atoms with Crippen molar-refractivity contribution in [1.82, 2.24) is 0 Å². The lowest BCUT2D eigenvalue weighted by Gasteiger charge is -2.10. The second-order valence-electron chi connectivity index (χ2n) is 4.74. The number of para-hydroxylation sites is 1. The predicted molar refractivity (Wildman–Crippen MR) is 84.7 cm³/mol. The van der Waals surface area contributed by atoms with Crippen molar-refractivity contribution in [3.8, 4) is 11.5 Å². The summed E-state index contributed by atoms with van der Waals surface area (Å²) >= 11 is 0. The van der Waals surface area contributed by atoms with Gasteiger partial charge in [0.2, 0.25) is 0 Å². The molecule has 0 bridgehead atoms. The van der Waals surface area contributed by atoms with E-state index in [9.17, 15) is 9.59 Å². The molecule has 0 spiro atoms. The van der Waals surface area contributed by atoms with Gasteiger partial charge in [0.05, 0.1) is 12.7 Å². The maximum atomic E-state index is 11.8. The van der Waals surface area contributed by atoms with Crippen LogP contribution >= 0.6 is 0 Å². The largest absolute Gasteiger partial charge is 0.482 e. The fourth-order valence-corrected chi connectivity index (χ4v) is 2.01. The minimum atomic E-state index is -0.512. The van der Waals surface area contributed by atoms with Crippen LogP contribution in [-0.4, -0.2) is 25.7 Å². The number of hydrogen-bond acceptors (Lipinski definition) is 5. The van der Waals surface area contributed by atoms with Crippen molar-refractivity contribution in [2.45, 2.75) is 13.3 Å². The molecule has 23 heavy (non-hydrogen) atoms. The summed E-state index contributed by atoms with van der Waals surface area (Å²) in [5, 5.41) is 0. The SMILES string of the molecule is CCc1ccccc1OCC(=O)Oc1ccc(C(=O)OC)cc1. The first-order valence-electron chi connectivity index (χ1n) is 7.23. The summed E-state index contributed by atoms with van der Waals surface area (Å²) < 4.78 is 15.3. The number of carbonyl (C=O) groups is 2. The fourth-order valence-electron chi connectivity index (χ4n) is 2.01. The smallest absolute Gasteiger partial charge is 0.349 e. The van der Waals surface area contributed by atoms with E-state index in [1.54, 1.807) is 0 Å². The average molecular weight is 314 g/mol. The summed E-state index contributed by atoms with van der Waals surface area (Å²) in [5.41, 5.74) is 1.42. The molecular weight excluding hydrogens is 296 g/mol. The van der Waals surface area contributed by atoms with E-state index in [1.807, 2.05) is 31.2 Å². The summed E-state index contributed by atoms with van der Waals surface area (Å²) in [6.45, 7) is 1.83. The zero-order chi connectivity index (χ0) is 16.7. The minimum absolute atomic E-state index is 0.185. The molecule has 0 saturated carbocycles. The first-order valence-corrected chi connectivity index (χ1v) is 7.23. The third-order valence-electron chi connectivity index (χ3n) is 3.21. The van der Waals surface area contributed by atoms with Gasteiger partial charge in [0.15, 0.2) is 6.61 Å². The van der Waals surface area contributed by atoms with Gasteiger partial charge in [-0.15, -0.1) is 0 Å². The van der Waals surface area contributed by atoms with E-state index in [1.165, 1.54) is 31.4 Å². The van der Waals surface area contributed by atoms with Crippen LogP contribution in [0, 0.1) is 0 Å². The van der Waals surface area contributed by atoms with Crippen molar-refractivity contribution in [3.05, 3.63) is 59.7 Å². The molecule has 0 saturated heterocycles. The van der Waals surface area contributed by atoms with Crippen LogP contribution in [0.2, 0.25) is 0 Å². The zero-order valence-corrected chi connectivity index (χ0v) is 13.1. The van der Waals surface area contributed by atoms with E-state index in [4.69, 9.17) is 9.47 Å². The number of rotatable bonds is 6. The van der Waals surface area contributed by atoms with E-state index in [0.29, 0.717) is 17.1 Å². The van der Waals surface area contributed by atoms with E-state index in [-0.39, 0.29) is 6.61 Å². The van der Waals surface area contributed by atoms with Gasteiger partial charge in [-0.25, -0.2) is 9.59 Å². The Morgan fingerprint density at radius 2 is 1.70 bits per heavy atom. The molecule has 0 heterocycles. The van der Waals surface area contributed by atoms with Crippen LogP contribution in [0.4, 0.5) is 0 Å². The third kappa shape index (κ3) is 4.57. The number of hydrogen-bond donors (Lipinski definition) is 0. The van der Waals surface area contributed by atoms with Crippen molar-refractivity contribution in [1.29, 1.82) is 0 Å². The van der Waals surface area contributed by atoms with Crippen LogP contribution in [-0.2, 0) is 16.0 Å². The molecule has 5 nitrogen and oxygen atoms in total. The van der Waals surface area contributed by atoms with Gasteiger partial charge in [-0.2, -0.15) is 0 Å². The van der Waals surface area contributed by atoms with Crippen LogP contribution < -0.4 is 9.47 Å². The second-order valence-corrected chi connectivity index (χ2v) is 4.74. The maximum Gasteiger partial charge on any atom is 0.349 e. The average Bonchev–Trinajstić information content (AvgIpc) is 2.60. The van der Waals surface area contributed by atoms with Crippen molar-refractivity contribution in [2.75, 3.05) is 13.7 Å². The van der Waals surface area contributed by atoms with E-state index in [0.717, 1.165) is 12.0 Å². The van der Waals surface area contributed by atoms with Crippen molar-refractivity contribution < 1.29 is 23.8 Å². The normalized spacial score (nSPS) is 10.0. The molecule has 0 aliphatic rings. The number of esters is 2. The van der Waals surface area contributed by atoms with Crippen LogP contribution in [0.1, 0.15) is 22.8 Å². The van der Waals surface area contributed by atoms with E-state index >= 15 is 0 Å². The molecule has 2 aromatic carbocycles. The molecule has 2 rings (SSSR count). The number of ether oxygens (including phenoxy) is 3. The van der Waals surface area contributed by atoms with Gasteiger partial charge < -0.3 is 14.2 Å². The maximum absolute atomic E-state index is 11.8. The van der Waals surface area contributed by atoms with Crippen LogP contribution in [0.5, 0.6) is 11.5 Å². The monoisotopic (exact) mass is 314 g/mol. The molecule has 0 unspecified atom stereocenters. The lowest BCUT2D eigenvalue weighted by Crippen LogP contribution is -2.18. The fraction of sp³-hybridized carbons (Fsp3) is 0.222. The third-order valence-corrected chi connectivity index (χ3v) is 3.21.